The monoisotopic (exact) mass is 224 g/mol. The summed E-state index contributed by atoms with van der Waals surface area (Å²) in [6.45, 7) is 7.29. The average Bonchev–Trinajstić information content (AvgIpc) is 2.18. The highest BCUT2D eigenvalue weighted by Crippen LogP contribution is 2.28. The van der Waals surface area contributed by atoms with E-state index in [9.17, 15) is 0 Å². The zero-order valence-electron chi connectivity index (χ0n) is 10.1. The van der Waals surface area contributed by atoms with Crippen LogP contribution in [0.15, 0.2) is 17.0 Å². The van der Waals surface area contributed by atoms with Crippen LogP contribution in [0.2, 0.25) is 0 Å². The predicted molar refractivity (Wildman–Crippen MR) is 68.1 cm³/mol. The molecule has 0 saturated carbocycles. The van der Waals surface area contributed by atoms with Gasteiger partial charge in [0.25, 0.3) is 0 Å². The summed E-state index contributed by atoms with van der Waals surface area (Å²) < 4.78 is 5.70. The Balaban J connectivity index is 2.75. The molecular formula is C13H20OS. The first kappa shape index (κ1) is 12.4. The van der Waals surface area contributed by atoms with E-state index in [2.05, 4.69) is 39.2 Å². The van der Waals surface area contributed by atoms with Gasteiger partial charge in [0, 0.05) is 4.90 Å². The molecule has 0 saturated heterocycles. The van der Waals surface area contributed by atoms with Crippen molar-refractivity contribution in [2.45, 2.75) is 38.5 Å². The second-order valence-corrected chi connectivity index (χ2v) is 4.61. The van der Waals surface area contributed by atoms with Gasteiger partial charge < -0.3 is 4.74 Å². The summed E-state index contributed by atoms with van der Waals surface area (Å²) in [5, 5.41) is 0. The van der Waals surface area contributed by atoms with Crippen molar-refractivity contribution in [1.82, 2.24) is 0 Å². The lowest BCUT2D eigenvalue weighted by atomic mass is 10.1. The first-order valence-corrected chi connectivity index (χ1v) is 6.69. The largest absolute Gasteiger partial charge is 0.494 e. The SMILES string of the molecule is CCCCOc1cc(C)c(SC)c(C)c1. The minimum Gasteiger partial charge on any atom is -0.494 e. The van der Waals surface area contributed by atoms with Gasteiger partial charge in [0.05, 0.1) is 6.61 Å². The van der Waals surface area contributed by atoms with E-state index < -0.39 is 0 Å². The molecule has 0 aromatic heterocycles. The van der Waals surface area contributed by atoms with Crippen molar-refractivity contribution < 1.29 is 4.74 Å². The predicted octanol–water partition coefficient (Wildman–Crippen LogP) is 4.20. The lowest BCUT2D eigenvalue weighted by Crippen LogP contribution is -1.98. The molecule has 0 aliphatic rings. The van der Waals surface area contributed by atoms with Crippen molar-refractivity contribution in [1.29, 1.82) is 0 Å². The molecule has 0 unspecified atom stereocenters. The highest BCUT2D eigenvalue weighted by atomic mass is 32.2. The molecule has 1 aromatic rings. The molecule has 0 aliphatic heterocycles. The van der Waals surface area contributed by atoms with Gasteiger partial charge in [0.2, 0.25) is 0 Å². The maximum atomic E-state index is 5.70. The van der Waals surface area contributed by atoms with E-state index >= 15 is 0 Å². The minimum atomic E-state index is 0.827. The van der Waals surface area contributed by atoms with Crippen molar-refractivity contribution in [3.63, 3.8) is 0 Å². The first-order chi connectivity index (χ1) is 7.19. The molecule has 0 N–H and O–H groups in total. The molecule has 0 bridgehead atoms. The standard InChI is InChI=1S/C13H20OS/c1-5-6-7-14-12-8-10(2)13(15-4)11(3)9-12/h8-9H,5-7H2,1-4H3. The third-order valence-corrected chi connectivity index (χ3v) is 3.46. The Morgan fingerprint density at radius 2 is 1.80 bits per heavy atom. The molecule has 84 valence electrons. The molecule has 15 heavy (non-hydrogen) atoms. The quantitative estimate of drug-likeness (QED) is 0.547. The summed E-state index contributed by atoms with van der Waals surface area (Å²) in [4.78, 5) is 1.37. The molecule has 1 rings (SSSR count). The van der Waals surface area contributed by atoms with E-state index in [1.54, 1.807) is 11.8 Å². The summed E-state index contributed by atoms with van der Waals surface area (Å²) in [6.07, 6.45) is 4.43. The first-order valence-electron chi connectivity index (χ1n) is 5.47. The summed E-state index contributed by atoms with van der Waals surface area (Å²) >= 11 is 1.80. The van der Waals surface area contributed by atoms with Crippen LogP contribution in [-0.4, -0.2) is 12.9 Å². The average molecular weight is 224 g/mol. The Hall–Kier alpha value is -0.630. The van der Waals surface area contributed by atoms with E-state index in [0.29, 0.717) is 0 Å². The second-order valence-electron chi connectivity index (χ2n) is 3.79. The normalized spacial score (nSPS) is 10.4. The molecule has 1 aromatic carbocycles. The van der Waals surface area contributed by atoms with Crippen molar-refractivity contribution in [2.75, 3.05) is 12.9 Å². The molecule has 0 amide bonds. The van der Waals surface area contributed by atoms with Gasteiger partial charge in [0.1, 0.15) is 5.75 Å². The number of rotatable bonds is 5. The van der Waals surface area contributed by atoms with Crippen LogP contribution in [0.3, 0.4) is 0 Å². The van der Waals surface area contributed by atoms with Crippen molar-refractivity contribution in [3.05, 3.63) is 23.3 Å². The topological polar surface area (TPSA) is 9.23 Å². The van der Waals surface area contributed by atoms with Crippen LogP contribution < -0.4 is 4.74 Å². The number of hydrogen-bond acceptors (Lipinski definition) is 2. The van der Waals surface area contributed by atoms with E-state index in [1.165, 1.54) is 22.4 Å². The van der Waals surface area contributed by atoms with Crippen LogP contribution in [0.25, 0.3) is 0 Å². The Labute approximate surface area is 97.2 Å². The summed E-state index contributed by atoms with van der Waals surface area (Å²) in [6, 6.07) is 4.27. The van der Waals surface area contributed by atoms with Crippen LogP contribution in [0.1, 0.15) is 30.9 Å². The van der Waals surface area contributed by atoms with Crippen molar-refractivity contribution in [3.8, 4) is 5.75 Å². The van der Waals surface area contributed by atoms with Crippen molar-refractivity contribution >= 4 is 11.8 Å². The van der Waals surface area contributed by atoms with Gasteiger partial charge in [-0.15, -0.1) is 11.8 Å². The third kappa shape index (κ3) is 3.45. The molecular weight excluding hydrogens is 204 g/mol. The van der Waals surface area contributed by atoms with Gasteiger partial charge in [0.15, 0.2) is 0 Å². The zero-order chi connectivity index (χ0) is 11.3. The van der Waals surface area contributed by atoms with E-state index in [4.69, 9.17) is 4.74 Å². The highest BCUT2D eigenvalue weighted by molar-refractivity contribution is 7.98. The smallest absolute Gasteiger partial charge is 0.119 e. The van der Waals surface area contributed by atoms with Crippen LogP contribution >= 0.6 is 11.8 Å². The van der Waals surface area contributed by atoms with Gasteiger partial charge in [-0.05, 0) is 49.8 Å². The van der Waals surface area contributed by atoms with Crippen molar-refractivity contribution in [2.24, 2.45) is 0 Å². The van der Waals surface area contributed by atoms with Crippen LogP contribution in [0, 0.1) is 13.8 Å². The van der Waals surface area contributed by atoms with Gasteiger partial charge in [-0.1, -0.05) is 13.3 Å². The Bertz CT molecular complexity index is 297. The number of hydrogen-bond donors (Lipinski definition) is 0. The number of aryl methyl sites for hydroxylation is 2. The van der Waals surface area contributed by atoms with Crippen LogP contribution in [0.4, 0.5) is 0 Å². The van der Waals surface area contributed by atoms with Gasteiger partial charge in [-0.3, -0.25) is 0 Å². The molecule has 0 radical (unpaired) electrons. The maximum absolute atomic E-state index is 5.70. The highest BCUT2D eigenvalue weighted by Gasteiger charge is 2.04. The molecule has 0 atom stereocenters. The lowest BCUT2D eigenvalue weighted by Gasteiger charge is -2.11. The van der Waals surface area contributed by atoms with Crippen LogP contribution in [-0.2, 0) is 0 Å². The van der Waals surface area contributed by atoms with Gasteiger partial charge >= 0.3 is 0 Å². The fraction of sp³-hybridized carbons (Fsp3) is 0.538. The molecule has 2 heteroatoms. The van der Waals surface area contributed by atoms with E-state index in [1.807, 2.05) is 0 Å². The number of unbranched alkanes of at least 4 members (excludes halogenated alkanes) is 1. The Morgan fingerprint density at radius 1 is 1.20 bits per heavy atom. The Morgan fingerprint density at radius 3 is 2.27 bits per heavy atom. The zero-order valence-corrected chi connectivity index (χ0v) is 10.9. The fourth-order valence-electron chi connectivity index (χ4n) is 1.65. The third-order valence-electron chi connectivity index (χ3n) is 2.40. The van der Waals surface area contributed by atoms with E-state index in [-0.39, 0.29) is 0 Å². The molecule has 0 heterocycles. The maximum Gasteiger partial charge on any atom is 0.119 e. The van der Waals surface area contributed by atoms with Crippen LogP contribution in [0.5, 0.6) is 5.75 Å². The number of thioether (sulfide) groups is 1. The summed E-state index contributed by atoms with van der Waals surface area (Å²) in [7, 11) is 0. The molecule has 0 spiro atoms. The van der Waals surface area contributed by atoms with E-state index in [0.717, 1.165) is 18.8 Å². The number of benzene rings is 1. The molecule has 0 fully saturated rings. The minimum absolute atomic E-state index is 0.827. The number of ether oxygens (including phenoxy) is 1. The summed E-state index contributed by atoms with van der Waals surface area (Å²) in [5.74, 6) is 1.01. The van der Waals surface area contributed by atoms with Gasteiger partial charge in [-0.25, -0.2) is 0 Å². The second kappa shape index (κ2) is 6.06. The molecule has 0 aliphatic carbocycles. The van der Waals surface area contributed by atoms with Gasteiger partial charge in [-0.2, -0.15) is 0 Å². The molecule has 1 nitrogen and oxygen atoms in total. The Kier molecular flexibility index (Phi) is 5.03. The summed E-state index contributed by atoms with van der Waals surface area (Å²) in [5.41, 5.74) is 2.63. The lowest BCUT2D eigenvalue weighted by molar-refractivity contribution is 0.309. The fourth-order valence-corrected chi connectivity index (χ4v) is 2.41.